The van der Waals surface area contributed by atoms with Crippen LogP contribution >= 0.6 is 0 Å². The fourth-order valence-electron chi connectivity index (χ4n) is 3.71. The first-order valence-corrected chi connectivity index (χ1v) is 7.72. The number of aliphatic hydroxyl groups is 1. The summed E-state index contributed by atoms with van der Waals surface area (Å²) < 4.78 is 0. The molecule has 2 atom stereocenters. The van der Waals surface area contributed by atoms with E-state index in [-0.39, 0.29) is 0 Å². The van der Waals surface area contributed by atoms with Crippen molar-refractivity contribution in [2.75, 3.05) is 19.6 Å². The SMILES string of the molecule is CCCN1CCC(O)(C2CC2c2ccccc2)CC1. The van der Waals surface area contributed by atoms with Crippen LogP contribution in [-0.4, -0.2) is 35.2 Å². The average molecular weight is 259 g/mol. The molecule has 19 heavy (non-hydrogen) atoms. The maximum Gasteiger partial charge on any atom is 0.0706 e. The summed E-state index contributed by atoms with van der Waals surface area (Å²) >= 11 is 0. The Balaban J connectivity index is 1.59. The predicted octanol–water partition coefficient (Wildman–Crippen LogP) is 3.03. The molecule has 1 aliphatic heterocycles. The fourth-order valence-corrected chi connectivity index (χ4v) is 3.71. The summed E-state index contributed by atoms with van der Waals surface area (Å²) in [6, 6.07) is 10.7. The van der Waals surface area contributed by atoms with Crippen LogP contribution in [0.1, 0.15) is 44.1 Å². The minimum absolute atomic E-state index is 0.398. The van der Waals surface area contributed by atoms with E-state index < -0.39 is 5.60 Å². The number of nitrogens with zero attached hydrogens (tertiary/aromatic N) is 1. The highest BCUT2D eigenvalue weighted by Gasteiger charge is 2.52. The van der Waals surface area contributed by atoms with Crippen molar-refractivity contribution >= 4 is 0 Å². The fraction of sp³-hybridized carbons (Fsp3) is 0.647. The van der Waals surface area contributed by atoms with Crippen molar-refractivity contribution in [3.05, 3.63) is 35.9 Å². The summed E-state index contributed by atoms with van der Waals surface area (Å²) in [6.07, 6.45) is 4.31. The smallest absolute Gasteiger partial charge is 0.0706 e. The number of rotatable bonds is 4. The molecule has 104 valence electrons. The van der Waals surface area contributed by atoms with Gasteiger partial charge in [0.1, 0.15) is 0 Å². The summed E-state index contributed by atoms with van der Waals surface area (Å²) in [4.78, 5) is 2.49. The minimum atomic E-state index is -0.398. The van der Waals surface area contributed by atoms with Crippen LogP contribution in [0, 0.1) is 5.92 Å². The van der Waals surface area contributed by atoms with Gasteiger partial charge in [-0.25, -0.2) is 0 Å². The highest BCUT2D eigenvalue weighted by atomic mass is 16.3. The van der Waals surface area contributed by atoms with Crippen molar-refractivity contribution in [2.45, 2.75) is 44.1 Å². The van der Waals surface area contributed by atoms with Gasteiger partial charge in [0.15, 0.2) is 0 Å². The molecular weight excluding hydrogens is 234 g/mol. The molecule has 1 heterocycles. The Morgan fingerprint density at radius 1 is 1.21 bits per heavy atom. The van der Waals surface area contributed by atoms with Gasteiger partial charge in [0.05, 0.1) is 5.60 Å². The third-order valence-corrected chi connectivity index (χ3v) is 4.97. The lowest BCUT2D eigenvalue weighted by atomic mass is 9.85. The van der Waals surface area contributed by atoms with Crippen LogP contribution in [0.3, 0.4) is 0 Å². The molecule has 1 saturated heterocycles. The molecule has 2 heteroatoms. The Labute approximate surface area is 116 Å². The van der Waals surface area contributed by atoms with E-state index in [1.807, 2.05) is 0 Å². The maximum atomic E-state index is 10.9. The Morgan fingerprint density at radius 2 is 1.89 bits per heavy atom. The molecule has 2 aliphatic rings. The highest BCUT2D eigenvalue weighted by Crippen LogP contribution is 2.56. The number of piperidine rings is 1. The summed E-state index contributed by atoms with van der Waals surface area (Å²) in [5.74, 6) is 1.10. The van der Waals surface area contributed by atoms with Crippen LogP contribution in [0.2, 0.25) is 0 Å². The number of hydrogen-bond donors (Lipinski definition) is 1. The summed E-state index contributed by atoms with van der Waals surface area (Å²) in [7, 11) is 0. The van der Waals surface area contributed by atoms with E-state index in [0.29, 0.717) is 11.8 Å². The second-order valence-corrected chi connectivity index (χ2v) is 6.30. The van der Waals surface area contributed by atoms with Gasteiger partial charge in [-0.05, 0) is 49.6 Å². The van der Waals surface area contributed by atoms with E-state index in [1.165, 1.54) is 24.9 Å². The van der Waals surface area contributed by atoms with E-state index >= 15 is 0 Å². The maximum absolute atomic E-state index is 10.9. The van der Waals surface area contributed by atoms with Crippen molar-refractivity contribution in [2.24, 2.45) is 5.92 Å². The van der Waals surface area contributed by atoms with Gasteiger partial charge in [-0.3, -0.25) is 0 Å². The van der Waals surface area contributed by atoms with Crippen molar-refractivity contribution in [1.29, 1.82) is 0 Å². The zero-order valence-corrected chi connectivity index (χ0v) is 11.9. The minimum Gasteiger partial charge on any atom is -0.389 e. The van der Waals surface area contributed by atoms with Gasteiger partial charge < -0.3 is 10.0 Å². The van der Waals surface area contributed by atoms with Crippen LogP contribution in [-0.2, 0) is 0 Å². The van der Waals surface area contributed by atoms with Crippen LogP contribution in [0.5, 0.6) is 0 Å². The zero-order valence-electron chi connectivity index (χ0n) is 11.9. The van der Waals surface area contributed by atoms with Crippen molar-refractivity contribution in [3.8, 4) is 0 Å². The molecule has 1 N–H and O–H groups in total. The standard InChI is InChI=1S/C17H25NO/c1-2-10-18-11-8-17(19,9-12-18)16-13-15(16)14-6-4-3-5-7-14/h3-7,15-16,19H,2,8-13H2,1H3. The molecule has 1 aromatic carbocycles. The van der Waals surface area contributed by atoms with Gasteiger partial charge >= 0.3 is 0 Å². The van der Waals surface area contributed by atoms with E-state index in [0.717, 1.165) is 25.9 Å². The Bertz CT molecular complexity index is 409. The van der Waals surface area contributed by atoms with Gasteiger partial charge in [0.2, 0.25) is 0 Å². The second-order valence-electron chi connectivity index (χ2n) is 6.30. The molecule has 3 rings (SSSR count). The average Bonchev–Trinajstić information content (AvgIpc) is 3.24. The van der Waals surface area contributed by atoms with E-state index in [4.69, 9.17) is 0 Å². The number of likely N-dealkylation sites (tertiary alicyclic amines) is 1. The topological polar surface area (TPSA) is 23.5 Å². The van der Waals surface area contributed by atoms with Gasteiger partial charge in [0.25, 0.3) is 0 Å². The van der Waals surface area contributed by atoms with Crippen LogP contribution in [0.4, 0.5) is 0 Å². The third kappa shape index (κ3) is 2.70. The van der Waals surface area contributed by atoms with Crippen LogP contribution in [0.15, 0.2) is 30.3 Å². The molecule has 0 bridgehead atoms. The molecule has 1 aromatic rings. The number of benzene rings is 1. The normalized spacial score (nSPS) is 30.2. The lowest BCUT2D eigenvalue weighted by molar-refractivity contribution is -0.0403. The first-order chi connectivity index (χ1) is 9.23. The molecule has 0 amide bonds. The zero-order chi connectivity index (χ0) is 13.3. The predicted molar refractivity (Wildman–Crippen MR) is 78.2 cm³/mol. The van der Waals surface area contributed by atoms with Crippen molar-refractivity contribution in [1.82, 2.24) is 4.90 Å². The van der Waals surface area contributed by atoms with Gasteiger partial charge in [0, 0.05) is 13.1 Å². The van der Waals surface area contributed by atoms with E-state index in [2.05, 4.69) is 42.2 Å². The second kappa shape index (κ2) is 5.26. The molecule has 1 saturated carbocycles. The van der Waals surface area contributed by atoms with Crippen molar-refractivity contribution in [3.63, 3.8) is 0 Å². The molecule has 0 radical (unpaired) electrons. The largest absolute Gasteiger partial charge is 0.389 e. The molecule has 0 aromatic heterocycles. The van der Waals surface area contributed by atoms with Crippen LogP contribution in [0.25, 0.3) is 0 Å². The molecular formula is C17H25NO. The number of hydrogen-bond acceptors (Lipinski definition) is 2. The molecule has 2 unspecified atom stereocenters. The van der Waals surface area contributed by atoms with E-state index in [9.17, 15) is 5.11 Å². The summed E-state index contributed by atoms with van der Waals surface area (Å²) in [5, 5.41) is 10.9. The van der Waals surface area contributed by atoms with Gasteiger partial charge in [-0.1, -0.05) is 37.3 Å². The summed E-state index contributed by atoms with van der Waals surface area (Å²) in [6.45, 7) is 5.56. The van der Waals surface area contributed by atoms with Crippen LogP contribution < -0.4 is 0 Å². The van der Waals surface area contributed by atoms with Gasteiger partial charge in [-0.15, -0.1) is 0 Å². The first kappa shape index (κ1) is 13.1. The summed E-state index contributed by atoms with van der Waals surface area (Å²) in [5.41, 5.74) is 1.02. The van der Waals surface area contributed by atoms with Crippen molar-refractivity contribution < 1.29 is 5.11 Å². The third-order valence-electron chi connectivity index (χ3n) is 4.97. The monoisotopic (exact) mass is 259 g/mol. The quantitative estimate of drug-likeness (QED) is 0.898. The Morgan fingerprint density at radius 3 is 2.53 bits per heavy atom. The Kier molecular flexibility index (Phi) is 3.64. The highest BCUT2D eigenvalue weighted by molar-refractivity contribution is 5.28. The van der Waals surface area contributed by atoms with E-state index in [1.54, 1.807) is 0 Å². The Hall–Kier alpha value is -0.860. The molecule has 2 fully saturated rings. The van der Waals surface area contributed by atoms with Gasteiger partial charge in [-0.2, -0.15) is 0 Å². The molecule has 2 nitrogen and oxygen atoms in total. The lowest BCUT2D eigenvalue weighted by Gasteiger charge is -2.38. The molecule has 0 spiro atoms. The molecule has 1 aliphatic carbocycles. The first-order valence-electron chi connectivity index (χ1n) is 7.72. The lowest BCUT2D eigenvalue weighted by Crippen LogP contribution is -2.46.